The molecule has 1 N–H and O–H groups in total. The number of para-hydroxylation sites is 1. The van der Waals surface area contributed by atoms with Crippen LogP contribution in [0.15, 0.2) is 53.6 Å². The number of amides is 2. The number of hydrogen-bond acceptors (Lipinski definition) is 7. The van der Waals surface area contributed by atoms with Crippen molar-refractivity contribution in [2.45, 2.75) is 12.8 Å². The van der Waals surface area contributed by atoms with Gasteiger partial charge in [0.1, 0.15) is 5.71 Å². The first-order valence-corrected chi connectivity index (χ1v) is 8.92. The van der Waals surface area contributed by atoms with E-state index >= 15 is 0 Å². The Bertz CT molecular complexity index is 989. The largest absolute Gasteiger partial charge is 0.454 e. The van der Waals surface area contributed by atoms with E-state index in [-0.39, 0.29) is 31.3 Å². The molecule has 0 atom stereocenters. The Kier molecular flexibility index (Phi) is 5.10. The topological polar surface area (TPSA) is 107 Å². The molecule has 2 aliphatic rings. The fraction of sp³-hybridized carbons (Fsp3) is 0.200. The van der Waals surface area contributed by atoms with E-state index in [1.165, 1.54) is 5.01 Å². The first kappa shape index (κ1) is 18.5. The molecule has 0 spiro atoms. The van der Waals surface area contributed by atoms with Crippen LogP contribution in [0.4, 0.5) is 11.4 Å². The second-order valence-corrected chi connectivity index (χ2v) is 6.28. The minimum Gasteiger partial charge on any atom is -0.454 e. The van der Waals surface area contributed by atoms with Crippen LogP contribution in [-0.2, 0) is 19.1 Å². The van der Waals surface area contributed by atoms with Crippen LogP contribution < -0.4 is 19.8 Å². The molecule has 148 valence electrons. The third-order valence-corrected chi connectivity index (χ3v) is 4.26. The number of nitrogens with one attached hydrogen (secondary N) is 1. The number of benzene rings is 2. The maximum absolute atomic E-state index is 12.3. The lowest BCUT2D eigenvalue weighted by atomic mass is 10.1. The van der Waals surface area contributed by atoms with Crippen molar-refractivity contribution >= 4 is 34.9 Å². The second-order valence-electron chi connectivity index (χ2n) is 6.28. The molecule has 9 heteroatoms. The Hall–Kier alpha value is -3.88. The first-order valence-electron chi connectivity index (χ1n) is 8.92. The van der Waals surface area contributed by atoms with Gasteiger partial charge < -0.3 is 19.5 Å². The number of rotatable bonds is 5. The van der Waals surface area contributed by atoms with Crippen LogP contribution in [-0.4, -0.2) is 36.9 Å². The highest BCUT2D eigenvalue weighted by atomic mass is 16.7. The van der Waals surface area contributed by atoms with Crippen molar-refractivity contribution in [3.05, 3.63) is 48.5 Å². The van der Waals surface area contributed by atoms with Gasteiger partial charge in [-0.25, -0.2) is 9.80 Å². The molecule has 4 rings (SSSR count). The van der Waals surface area contributed by atoms with Gasteiger partial charge in [0.25, 0.3) is 5.91 Å². The van der Waals surface area contributed by atoms with Crippen LogP contribution in [0, 0.1) is 0 Å². The van der Waals surface area contributed by atoms with E-state index in [2.05, 4.69) is 10.4 Å². The summed E-state index contributed by atoms with van der Waals surface area (Å²) in [7, 11) is 0. The maximum Gasteiger partial charge on any atom is 0.355 e. The minimum atomic E-state index is -0.737. The third kappa shape index (κ3) is 4.18. The van der Waals surface area contributed by atoms with Crippen LogP contribution in [0.5, 0.6) is 11.5 Å². The Balaban J connectivity index is 1.35. The first-order chi connectivity index (χ1) is 14.1. The molecule has 9 nitrogen and oxygen atoms in total. The summed E-state index contributed by atoms with van der Waals surface area (Å²) in [6, 6.07) is 13.7. The van der Waals surface area contributed by atoms with E-state index in [1.807, 2.05) is 6.07 Å². The molecule has 2 aromatic rings. The standard InChI is InChI=1S/C20H17N3O6/c24-18(21-13-6-8-16-17(10-13)29-12-28-16)11-27-20(26)15-7-9-19(25)23(22-15)14-4-2-1-3-5-14/h1-6,8,10H,7,9,11-12H2,(H,21,24). The predicted molar refractivity (Wildman–Crippen MR) is 103 cm³/mol. The van der Waals surface area contributed by atoms with Gasteiger partial charge in [0.05, 0.1) is 5.69 Å². The number of ether oxygens (including phenoxy) is 3. The van der Waals surface area contributed by atoms with Crippen molar-refractivity contribution in [1.82, 2.24) is 0 Å². The fourth-order valence-corrected chi connectivity index (χ4v) is 2.86. The molecule has 29 heavy (non-hydrogen) atoms. The summed E-state index contributed by atoms with van der Waals surface area (Å²) < 4.78 is 15.5. The van der Waals surface area contributed by atoms with Gasteiger partial charge in [-0.1, -0.05) is 18.2 Å². The minimum absolute atomic E-state index is 0.0873. The van der Waals surface area contributed by atoms with Gasteiger partial charge in [-0.05, 0) is 24.3 Å². The molecule has 0 aromatic heterocycles. The zero-order chi connectivity index (χ0) is 20.2. The normalized spacial score (nSPS) is 15.0. The van der Waals surface area contributed by atoms with Crippen molar-refractivity contribution in [3.8, 4) is 11.5 Å². The number of hydrazone groups is 1. The monoisotopic (exact) mass is 395 g/mol. The Morgan fingerprint density at radius 3 is 2.69 bits per heavy atom. The van der Waals surface area contributed by atoms with Crippen molar-refractivity contribution in [3.63, 3.8) is 0 Å². The van der Waals surface area contributed by atoms with Gasteiger partial charge in [-0.15, -0.1) is 0 Å². The smallest absolute Gasteiger partial charge is 0.355 e. The molecule has 2 aromatic carbocycles. The van der Waals surface area contributed by atoms with Crippen molar-refractivity contribution < 1.29 is 28.6 Å². The SMILES string of the molecule is O=C(COC(=O)C1=NN(c2ccccc2)C(=O)CC1)Nc1ccc2c(c1)OCO2. The van der Waals surface area contributed by atoms with Gasteiger partial charge in [0.15, 0.2) is 18.1 Å². The molecule has 0 saturated carbocycles. The molecule has 2 aliphatic heterocycles. The summed E-state index contributed by atoms with van der Waals surface area (Å²) in [5.41, 5.74) is 1.14. The lowest BCUT2D eigenvalue weighted by Crippen LogP contribution is -2.35. The van der Waals surface area contributed by atoms with E-state index in [0.29, 0.717) is 22.9 Å². The van der Waals surface area contributed by atoms with Crippen LogP contribution in [0.1, 0.15) is 12.8 Å². The van der Waals surface area contributed by atoms with Crippen molar-refractivity contribution in [1.29, 1.82) is 0 Å². The highest BCUT2D eigenvalue weighted by molar-refractivity contribution is 6.38. The van der Waals surface area contributed by atoms with Crippen LogP contribution >= 0.6 is 0 Å². The van der Waals surface area contributed by atoms with Crippen LogP contribution in [0.3, 0.4) is 0 Å². The number of carbonyl (C=O) groups excluding carboxylic acids is 3. The molecule has 2 amide bonds. The number of hydrogen-bond donors (Lipinski definition) is 1. The Labute approximate surface area is 165 Å². The number of esters is 1. The van der Waals surface area contributed by atoms with Crippen molar-refractivity contribution in [2.75, 3.05) is 23.7 Å². The average Bonchev–Trinajstić information content (AvgIpc) is 3.21. The predicted octanol–water partition coefficient (Wildman–Crippen LogP) is 2.08. The molecule has 0 bridgehead atoms. The summed E-state index contributed by atoms with van der Waals surface area (Å²) in [5, 5.41) is 7.89. The number of anilines is 2. The average molecular weight is 395 g/mol. The highest BCUT2D eigenvalue weighted by Crippen LogP contribution is 2.34. The number of fused-ring (bicyclic) bond motifs is 1. The maximum atomic E-state index is 12.3. The molecule has 0 fully saturated rings. The lowest BCUT2D eigenvalue weighted by Gasteiger charge is -2.22. The van der Waals surface area contributed by atoms with E-state index in [1.54, 1.807) is 42.5 Å². The summed E-state index contributed by atoms with van der Waals surface area (Å²) in [6.07, 6.45) is 0.289. The summed E-state index contributed by atoms with van der Waals surface area (Å²) >= 11 is 0. The van der Waals surface area contributed by atoms with Crippen LogP contribution in [0.25, 0.3) is 0 Å². The number of carbonyl (C=O) groups is 3. The molecular weight excluding hydrogens is 378 g/mol. The molecule has 0 unspecified atom stereocenters. The van der Waals surface area contributed by atoms with Gasteiger partial charge >= 0.3 is 5.97 Å². The summed E-state index contributed by atoms with van der Waals surface area (Å²) in [4.78, 5) is 36.5. The Morgan fingerprint density at radius 2 is 1.86 bits per heavy atom. The summed E-state index contributed by atoms with van der Waals surface area (Å²) in [6.45, 7) is -0.347. The van der Waals surface area contributed by atoms with Crippen molar-refractivity contribution in [2.24, 2.45) is 5.10 Å². The zero-order valence-corrected chi connectivity index (χ0v) is 15.3. The van der Waals surface area contributed by atoms with E-state index in [0.717, 1.165) is 0 Å². The molecule has 0 saturated heterocycles. The van der Waals surface area contributed by atoms with Gasteiger partial charge in [-0.2, -0.15) is 5.10 Å². The molecular formula is C20H17N3O6. The van der Waals surface area contributed by atoms with E-state index < -0.39 is 18.5 Å². The fourth-order valence-electron chi connectivity index (χ4n) is 2.86. The molecule has 2 heterocycles. The quantitative estimate of drug-likeness (QED) is 0.777. The Morgan fingerprint density at radius 1 is 1.07 bits per heavy atom. The van der Waals surface area contributed by atoms with Gasteiger partial charge in [0, 0.05) is 24.6 Å². The van der Waals surface area contributed by atoms with E-state index in [4.69, 9.17) is 14.2 Å². The lowest BCUT2D eigenvalue weighted by molar-refractivity contribution is -0.140. The second kappa shape index (κ2) is 8.01. The molecule has 0 aliphatic carbocycles. The molecule has 0 radical (unpaired) electrons. The third-order valence-electron chi connectivity index (χ3n) is 4.26. The van der Waals surface area contributed by atoms with Gasteiger partial charge in [-0.3, -0.25) is 9.59 Å². The van der Waals surface area contributed by atoms with E-state index in [9.17, 15) is 14.4 Å². The summed E-state index contributed by atoms with van der Waals surface area (Å²) in [5.74, 6) is -0.332. The van der Waals surface area contributed by atoms with Gasteiger partial charge in [0.2, 0.25) is 12.7 Å². The zero-order valence-electron chi connectivity index (χ0n) is 15.3. The van der Waals surface area contributed by atoms with Crippen LogP contribution in [0.2, 0.25) is 0 Å². The number of nitrogens with zero attached hydrogens (tertiary/aromatic N) is 2. The highest BCUT2D eigenvalue weighted by Gasteiger charge is 2.26.